The number of para-hydroxylation sites is 1. The maximum Gasteiger partial charge on any atom is 0.407 e. The number of fused-ring (bicyclic) bond motifs is 1. The first-order valence-corrected chi connectivity index (χ1v) is 8.33. The lowest BCUT2D eigenvalue weighted by atomic mass is 10.0. The van der Waals surface area contributed by atoms with E-state index in [1.807, 2.05) is 44.3 Å². The topological polar surface area (TPSA) is 83.2 Å². The van der Waals surface area contributed by atoms with E-state index < -0.39 is 12.1 Å². The monoisotopic (exact) mass is 331 g/mol. The molecule has 0 unspecified atom stereocenters. The van der Waals surface area contributed by atoms with E-state index in [9.17, 15) is 9.59 Å². The third kappa shape index (κ3) is 4.50. The predicted molar refractivity (Wildman–Crippen MR) is 93.8 cm³/mol. The summed E-state index contributed by atoms with van der Waals surface area (Å²) >= 11 is 0. The highest BCUT2D eigenvalue weighted by Gasteiger charge is 2.24. The van der Waals surface area contributed by atoms with Crippen molar-refractivity contribution in [3.05, 3.63) is 36.0 Å². The first kappa shape index (κ1) is 17.8. The molecule has 2 amide bonds. The molecule has 0 bridgehead atoms. The highest BCUT2D eigenvalue weighted by Crippen LogP contribution is 2.19. The Bertz CT molecular complexity index is 696. The summed E-state index contributed by atoms with van der Waals surface area (Å²) < 4.78 is 4.92. The van der Waals surface area contributed by atoms with Crippen LogP contribution in [0.2, 0.25) is 0 Å². The number of amides is 2. The van der Waals surface area contributed by atoms with Crippen LogP contribution in [0.4, 0.5) is 4.79 Å². The Balaban J connectivity index is 2.18. The van der Waals surface area contributed by atoms with E-state index in [2.05, 4.69) is 15.6 Å². The molecule has 2 aromatic rings. The third-order valence-electron chi connectivity index (χ3n) is 3.98. The van der Waals surface area contributed by atoms with Gasteiger partial charge in [-0.05, 0) is 31.9 Å². The van der Waals surface area contributed by atoms with Crippen LogP contribution < -0.4 is 10.6 Å². The predicted octanol–water partition coefficient (Wildman–Crippen LogP) is 2.74. The van der Waals surface area contributed by atoms with Gasteiger partial charge in [-0.2, -0.15) is 0 Å². The van der Waals surface area contributed by atoms with Gasteiger partial charge in [0.15, 0.2) is 0 Å². The fraction of sp³-hybridized carbons (Fsp3) is 0.444. The lowest BCUT2D eigenvalue weighted by Gasteiger charge is -2.20. The number of nitrogens with one attached hydrogen (secondary N) is 3. The van der Waals surface area contributed by atoms with Gasteiger partial charge in [-0.25, -0.2) is 4.79 Å². The molecule has 1 aromatic carbocycles. The van der Waals surface area contributed by atoms with E-state index in [0.29, 0.717) is 6.42 Å². The molecule has 0 aliphatic rings. The van der Waals surface area contributed by atoms with Crippen molar-refractivity contribution in [1.29, 1.82) is 0 Å². The first-order valence-electron chi connectivity index (χ1n) is 8.33. The largest absolute Gasteiger partial charge is 0.450 e. The van der Waals surface area contributed by atoms with Gasteiger partial charge in [0.1, 0.15) is 6.04 Å². The molecule has 0 aliphatic heterocycles. The number of alkyl carbamates (subject to hydrolysis) is 1. The van der Waals surface area contributed by atoms with Gasteiger partial charge in [-0.3, -0.25) is 4.79 Å². The molecule has 6 nitrogen and oxygen atoms in total. The average Bonchev–Trinajstić information content (AvgIpc) is 2.97. The Kier molecular flexibility index (Phi) is 6.23. The number of aromatic amines is 1. The lowest BCUT2D eigenvalue weighted by molar-refractivity contribution is -0.123. The summed E-state index contributed by atoms with van der Waals surface area (Å²) in [6, 6.07) is 7.24. The molecule has 130 valence electrons. The van der Waals surface area contributed by atoms with Crippen LogP contribution in [-0.4, -0.2) is 35.7 Å². The summed E-state index contributed by atoms with van der Waals surface area (Å²) in [5.74, 6) is -0.206. The van der Waals surface area contributed by atoms with Gasteiger partial charge >= 0.3 is 6.09 Å². The number of H-pyrrole nitrogens is 1. The highest BCUT2D eigenvalue weighted by molar-refractivity contribution is 5.88. The highest BCUT2D eigenvalue weighted by atomic mass is 16.5. The first-order chi connectivity index (χ1) is 11.5. The molecule has 0 fully saturated rings. The van der Waals surface area contributed by atoms with Crippen LogP contribution in [0.15, 0.2) is 30.5 Å². The molecule has 6 heteroatoms. The minimum absolute atomic E-state index is 0.0481. The van der Waals surface area contributed by atoms with Crippen molar-refractivity contribution in [3.63, 3.8) is 0 Å². The fourth-order valence-electron chi connectivity index (χ4n) is 2.49. The standard InChI is InChI=1S/C18H25N3O3/c1-4-12(3)20-17(22)16(21-18(23)24-5-2)10-13-11-19-15-9-7-6-8-14(13)15/h6-9,11-12,16,19H,4-5,10H2,1-3H3,(H,20,22)(H,21,23)/t12-,16+/m0/s1. The second-order valence-corrected chi connectivity index (χ2v) is 5.80. The van der Waals surface area contributed by atoms with Gasteiger partial charge in [0, 0.05) is 29.6 Å². The normalized spacial score (nSPS) is 13.3. The lowest BCUT2D eigenvalue weighted by Crippen LogP contribution is -2.50. The van der Waals surface area contributed by atoms with E-state index >= 15 is 0 Å². The van der Waals surface area contributed by atoms with Crippen molar-refractivity contribution in [1.82, 2.24) is 15.6 Å². The molecule has 2 atom stereocenters. The summed E-state index contributed by atoms with van der Waals surface area (Å²) in [5, 5.41) is 6.63. The Hall–Kier alpha value is -2.50. The van der Waals surface area contributed by atoms with Crippen LogP contribution in [0.3, 0.4) is 0 Å². The molecule has 0 radical (unpaired) electrons. The molecule has 0 saturated carbocycles. The van der Waals surface area contributed by atoms with Crippen molar-refractivity contribution in [2.75, 3.05) is 6.61 Å². The number of rotatable bonds is 7. The Morgan fingerprint density at radius 1 is 1.21 bits per heavy atom. The summed E-state index contributed by atoms with van der Waals surface area (Å²) in [4.78, 5) is 27.5. The summed E-state index contributed by atoms with van der Waals surface area (Å²) in [7, 11) is 0. The smallest absolute Gasteiger partial charge is 0.407 e. The van der Waals surface area contributed by atoms with Crippen LogP contribution in [0, 0.1) is 0 Å². The number of hydrogen-bond donors (Lipinski definition) is 3. The molecule has 2 rings (SSSR count). The number of benzene rings is 1. The second-order valence-electron chi connectivity index (χ2n) is 5.80. The maximum atomic E-state index is 12.5. The molecular formula is C18H25N3O3. The number of aromatic nitrogens is 1. The van der Waals surface area contributed by atoms with Crippen LogP contribution in [0.1, 0.15) is 32.8 Å². The molecule has 1 aromatic heterocycles. The molecule has 3 N–H and O–H groups in total. The van der Waals surface area contributed by atoms with Crippen molar-refractivity contribution >= 4 is 22.9 Å². The molecule has 1 heterocycles. The number of carbonyl (C=O) groups excluding carboxylic acids is 2. The van der Waals surface area contributed by atoms with Gasteiger partial charge in [-0.1, -0.05) is 25.1 Å². The van der Waals surface area contributed by atoms with Crippen LogP contribution in [0.25, 0.3) is 10.9 Å². The number of hydrogen-bond acceptors (Lipinski definition) is 3. The molecule has 0 aliphatic carbocycles. The van der Waals surface area contributed by atoms with E-state index in [4.69, 9.17) is 4.74 Å². The van der Waals surface area contributed by atoms with Gasteiger partial charge in [0.2, 0.25) is 5.91 Å². The molecule has 24 heavy (non-hydrogen) atoms. The Morgan fingerprint density at radius 3 is 2.67 bits per heavy atom. The number of ether oxygens (including phenoxy) is 1. The zero-order chi connectivity index (χ0) is 17.5. The van der Waals surface area contributed by atoms with E-state index in [0.717, 1.165) is 22.9 Å². The van der Waals surface area contributed by atoms with E-state index in [1.165, 1.54) is 0 Å². The molecule has 0 spiro atoms. The summed E-state index contributed by atoms with van der Waals surface area (Å²) in [5.41, 5.74) is 1.98. The van der Waals surface area contributed by atoms with Crippen LogP contribution in [-0.2, 0) is 16.0 Å². The van der Waals surface area contributed by atoms with Gasteiger partial charge in [0.25, 0.3) is 0 Å². The van der Waals surface area contributed by atoms with Crippen molar-refractivity contribution in [2.24, 2.45) is 0 Å². The van der Waals surface area contributed by atoms with E-state index in [-0.39, 0.29) is 18.6 Å². The average molecular weight is 331 g/mol. The fourth-order valence-corrected chi connectivity index (χ4v) is 2.49. The molecular weight excluding hydrogens is 306 g/mol. The van der Waals surface area contributed by atoms with E-state index in [1.54, 1.807) is 6.92 Å². The quantitative estimate of drug-likeness (QED) is 0.729. The summed E-state index contributed by atoms with van der Waals surface area (Å²) in [6.45, 7) is 5.93. The van der Waals surface area contributed by atoms with Crippen molar-refractivity contribution in [3.8, 4) is 0 Å². The van der Waals surface area contributed by atoms with Crippen LogP contribution >= 0.6 is 0 Å². The number of carbonyl (C=O) groups is 2. The second kappa shape index (κ2) is 8.38. The summed E-state index contributed by atoms with van der Waals surface area (Å²) in [6.07, 6.45) is 2.51. The Labute approximate surface area is 142 Å². The molecule has 0 saturated heterocycles. The van der Waals surface area contributed by atoms with Gasteiger partial charge in [0.05, 0.1) is 6.61 Å². The maximum absolute atomic E-state index is 12.5. The van der Waals surface area contributed by atoms with Crippen LogP contribution in [0.5, 0.6) is 0 Å². The zero-order valence-corrected chi connectivity index (χ0v) is 14.4. The Morgan fingerprint density at radius 2 is 1.96 bits per heavy atom. The minimum atomic E-state index is -0.683. The van der Waals surface area contributed by atoms with Gasteiger partial charge in [-0.15, -0.1) is 0 Å². The SMILES string of the molecule is CCOC(=O)N[C@H](Cc1c[nH]c2ccccc12)C(=O)N[C@@H](C)CC. The van der Waals surface area contributed by atoms with Gasteiger partial charge < -0.3 is 20.4 Å². The zero-order valence-electron chi connectivity index (χ0n) is 14.4. The van der Waals surface area contributed by atoms with Crippen molar-refractivity contribution < 1.29 is 14.3 Å². The third-order valence-corrected chi connectivity index (χ3v) is 3.98. The van der Waals surface area contributed by atoms with Crippen molar-refractivity contribution in [2.45, 2.75) is 45.7 Å². The minimum Gasteiger partial charge on any atom is -0.450 e.